The number of benzene rings is 9. The third kappa shape index (κ3) is 7.71. The normalized spacial score (nSPS) is 19.4. The average Bonchev–Trinajstić information content (AvgIpc) is 3.38. The van der Waals surface area contributed by atoms with Crippen molar-refractivity contribution in [3.8, 4) is 44.5 Å². The van der Waals surface area contributed by atoms with Gasteiger partial charge < -0.3 is 9.80 Å². The zero-order chi connectivity index (χ0) is 43.9. The molecule has 4 saturated carbocycles. The molecule has 13 rings (SSSR count). The lowest BCUT2D eigenvalue weighted by Crippen LogP contribution is -2.48. The first kappa shape index (κ1) is 40.1. The molecule has 0 amide bonds. The van der Waals surface area contributed by atoms with Crippen molar-refractivity contribution in [3.05, 3.63) is 242 Å². The van der Waals surface area contributed by atoms with Gasteiger partial charge in [-0.05, 0) is 173 Å². The van der Waals surface area contributed by atoms with Crippen LogP contribution in [0.4, 0.5) is 34.1 Å². The van der Waals surface area contributed by atoms with Gasteiger partial charge in [-0.2, -0.15) is 0 Å². The number of hydrogen-bond acceptors (Lipinski definition) is 2. The summed E-state index contributed by atoms with van der Waals surface area (Å²) in [4.78, 5) is 4.82. The number of hydrogen-bond donors (Lipinski definition) is 0. The topological polar surface area (TPSA) is 6.48 Å². The number of nitrogens with zero attached hydrogens (tertiary/aromatic N) is 2. The summed E-state index contributed by atoms with van der Waals surface area (Å²) in [5.74, 6) is 2.77. The highest BCUT2D eigenvalue weighted by Crippen LogP contribution is 2.61. The quantitative estimate of drug-likeness (QED) is 0.128. The van der Waals surface area contributed by atoms with Crippen molar-refractivity contribution in [1.29, 1.82) is 0 Å². The Morgan fingerprint density at radius 3 is 0.970 bits per heavy atom. The SMILES string of the molecule is c1ccc(-c2ccc(N(c3ccc(-c4ccccc4)cc3)c3ccc(-c4ccc(N(c5ccc(C67CC8CC(CC(C8)C6)C7)cc5)c5ccccc5-c5ccccc5)cc4)cc3)cc2)cc1. The maximum atomic E-state index is 2.48. The van der Waals surface area contributed by atoms with Crippen LogP contribution in [0.1, 0.15) is 44.1 Å². The predicted octanol–water partition coefficient (Wildman–Crippen LogP) is 17.8. The highest BCUT2D eigenvalue weighted by molar-refractivity contribution is 5.89. The molecule has 0 atom stereocenters. The van der Waals surface area contributed by atoms with Gasteiger partial charge in [-0.25, -0.2) is 0 Å². The molecule has 0 aromatic heterocycles. The van der Waals surface area contributed by atoms with E-state index in [2.05, 4.69) is 246 Å². The lowest BCUT2D eigenvalue weighted by molar-refractivity contribution is -0.00518. The first-order valence-electron chi connectivity index (χ1n) is 24.0. The van der Waals surface area contributed by atoms with Crippen LogP contribution in [0.15, 0.2) is 237 Å². The van der Waals surface area contributed by atoms with Gasteiger partial charge in [0.1, 0.15) is 0 Å². The number of rotatable bonds is 11. The fourth-order valence-corrected chi connectivity index (χ4v) is 12.3. The van der Waals surface area contributed by atoms with Gasteiger partial charge in [0.05, 0.1) is 5.69 Å². The van der Waals surface area contributed by atoms with E-state index in [-0.39, 0.29) is 0 Å². The van der Waals surface area contributed by atoms with Crippen molar-refractivity contribution in [3.63, 3.8) is 0 Å². The van der Waals surface area contributed by atoms with Gasteiger partial charge in [0, 0.05) is 34.0 Å². The first-order valence-corrected chi connectivity index (χ1v) is 24.0. The largest absolute Gasteiger partial charge is 0.311 e. The van der Waals surface area contributed by atoms with Crippen LogP contribution in [-0.2, 0) is 5.41 Å². The molecule has 0 unspecified atom stereocenters. The lowest BCUT2D eigenvalue weighted by Gasteiger charge is -2.57. The average molecular weight is 851 g/mol. The van der Waals surface area contributed by atoms with Crippen molar-refractivity contribution in [2.75, 3.05) is 9.80 Å². The van der Waals surface area contributed by atoms with E-state index >= 15 is 0 Å². The van der Waals surface area contributed by atoms with Gasteiger partial charge in [-0.15, -0.1) is 0 Å². The second kappa shape index (κ2) is 17.2. The monoisotopic (exact) mass is 850 g/mol. The Bertz CT molecular complexity index is 2930. The zero-order valence-electron chi connectivity index (χ0n) is 37.4. The molecular weight excluding hydrogens is 797 g/mol. The Labute approximate surface area is 390 Å². The van der Waals surface area contributed by atoms with Gasteiger partial charge in [-0.3, -0.25) is 0 Å². The molecule has 4 fully saturated rings. The summed E-state index contributed by atoms with van der Waals surface area (Å²) in [5.41, 5.74) is 18.4. The van der Waals surface area contributed by atoms with Crippen LogP contribution >= 0.6 is 0 Å². The van der Waals surface area contributed by atoms with E-state index in [1.807, 2.05) is 0 Å². The summed E-state index contributed by atoms with van der Waals surface area (Å²) in [6, 6.07) is 86.7. The number of para-hydroxylation sites is 1. The van der Waals surface area contributed by atoms with E-state index in [4.69, 9.17) is 0 Å². The third-order valence-corrected chi connectivity index (χ3v) is 15.1. The minimum absolute atomic E-state index is 0.369. The van der Waals surface area contributed by atoms with Crippen molar-refractivity contribution in [2.24, 2.45) is 17.8 Å². The fraction of sp³-hybridized carbons (Fsp3) is 0.156. The zero-order valence-corrected chi connectivity index (χ0v) is 37.4. The van der Waals surface area contributed by atoms with Gasteiger partial charge in [0.25, 0.3) is 0 Å². The smallest absolute Gasteiger partial charge is 0.0540 e. The summed E-state index contributed by atoms with van der Waals surface area (Å²) < 4.78 is 0. The molecule has 2 heteroatoms. The van der Waals surface area contributed by atoms with E-state index in [1.54, 1.807) is 5.56 Å². The van der Waals surface area contributed by atoms with Gasteiger partial charge >= 0.3 is 0 Å². The molecule has 0 saturated heterocycles. The highest BCUT2D eigenvalue weighted by Gasteiger charge is 2.51. The third-order valence-electron chi connectivity index (χ3n) is 15.1. The van der Waals surface area contributed by atoms with Crippen molar-refractivity contribution in [1.82, 2.24) is 0 Å². The maximum Gasteiger partial charge on any atom is 0.0540 e. The summed E-state index contributed by atoms with van der Waals surface area (Å²) in [7, 11) is 0. The van der Waals surface area contributed by atoms with Gasteiger partial charge in [0.15, 0.2) is 0 Å². The Hall–Kier alpha value is -7.42. The van der Waals surface area contributed by atoms with Crippen LogP contribution in [0.2, 0.25) is 0 Å². The molecule has 2 nitrogen and oxygen atoms in total. The molecule has 0 aliphatic heterocycles. The molecule has 0 heterocycles. The molecule has 320 valence electrons. The van der Waals surface area contributed by atoms with E-state index < -0.39 is 0 Å². The Balaban J connectivity index is 0.871. The Morgan fingerprint density at radius 1 is 0.273 bits per heavy atom. The van der Waals surface area contributed by atoms with Crippen LogP contribution in [0.5, 0.6) is 0 Å². The number of anilines is 6. The van der Waals surface area contributed by atoms with Gasteiger partial charge in [0.2, 0.25) is 0 Å². The molecule has 9 aromatic carbocycles. The van der Waals surface area contributed by atoms with Crippen LogP contribution in [0, 0.1) is 17.8 Å². The molecule has 4 aliphatic carbocycles. The van der Waals surface area contributed by atoms with E-state index in [1.165, 1.54) is 94.4 Å². The van der Waals surface area contributed by atoms with Gasteiger partial charge in [-0.1, -0.05) is 170 Å². The first-order chi connectivity index (χ1) is 32.6. The highest BCUT2D eigenvalue weighted by atomic mass is 15.1. The molecule has 0 spiro atoms. The van der Waals surface area contributed by atoms with Crippen molar-refractivity contribution < 1.29 is 0 Å². The Kier molecular flexibility index (Phi) is 10.4. The molecule has 9 aromatic rings. The minimum atomic E-state index is 0.369. The summed E-state index contributed by atoms with van der Waals surface area (Å²) in [6.07, 6.45) is 8.53. The van der Waals surface area contributed by atoms with E-state index in [9.17, 15) is 0 Å². The second-order valence-corrected chi connectivity index (χ2v) is 19.2. The van der Waals surface area contributed by atoms with Crippen LogP contribution < -0.4 is 9.80 Å². The molecule has 4 bridgehead atoms. The van der Waals surface area contributed by atoms with Crippen LogP contribution in [0.3, 0.4) is 0 Å². The van der Waals surface area contributed by atoms with Crippen LogP contribution in [0.25, 0.3) is 44.5 Å². The summed E-state index contributed by atoms with van der Waals surface area (Å²) in [5, 5.41) is 0. The van der Waals surface area contributed by atoms with E-state index in [0.717, 1.165) is 40.5 Å². The lowest BCUT2D eigenvalue weighted by atomic mass is 9.48. The predicted molar refractivity (Wildman–Crippen MR) is 277 cm³/mol. The summed E-state index contributed by atoms with van der Waals surface area (Å²) in [6.45, 7) is 0. The fourth-order valence-electron chi connectivity index (χ4n) is 12.3. The van der Waals surface area contributed by atoms with Crippen LogP contribution in [-0.4, -0.2) is 0 Å². The molecule has 0 N–H and O–H groups in total. The molecule has 0 radical (unpaired) electrons. The maximum absolute atomic E-state index is 2.48. The Morgan fingerprint density at radius 2 is 0.576 bits per heavy atom. The van der Waals surface area contributed by atoms with Crippen molar-refractivity contribution in [2.45, 2.75) is 43.9 Å². The molecule has 4 aliphatic rings. The van der Waals surface area contributed by atoms with E-state index in [0.29, 0.717) is 5.41 Å². The second-order valence-electron chi connectivity index (χ2n) is 19.2. The van der Waals surface area contributed by atoms with Crippen molar-refractivity contribution >= 4 is 34.1 Å². The molecule has 66 heavy (non-hydrogen) atoms. The summed E-state index contributed by atoms with van der Waals surface area (Å²) >= 11 is 0. The standard InChI is InChI=1S/C64H54N2/c1-4-12-49(13-5-1)51-20-30-57(31-21-51)65(58-32-22-52(23-33-58)50-14-6-2-7-15-50)59-34-24-53(25-35-59)54-26-36-60(37-27-54)66(63-19-11-10-18-62(63)55-16-8-3-9-17-55)61-38-28-56(29-39-61)64-43-46-40-47(44-64)42-48(41-46)45-64/h1-39,46-48H,40-45H2. The minimum Gasteiger partial charge on any atom is -0.311 e. The molecular formula is C64H54N2.